The Bertz CT molecular complexity index is 419. The summed E-state index contributed by atoms with van der Waals surface area (Å²) in [5.74, 6) is 0.0197. The summed E-state index contributed by atoms with van der Waals surface area (Å²) in [5.41, 5.74) is 1.14. The van der Waals surface area contributed by atoms with Gasteiger partial charge >= 0.3 is 0 Å². The fraction of sp³-hybridized carbons (Fsp3) is 0.562. The molecule has 0 radical (unpaired) electrons. The summed E-state index contributed by atoms with van der Waals surface area (Å²) in [6.07, 6.45) is 1.76. The zero-order chi connectivity index (χ0) is 14.9. The first-order valence-electron chi connectivity index (χ1n) is 7.52. The number of nitrogens with zero attached hydrogens (tertiary/aromatic N) is 1. The van der Waals surface area contributed by atoms with E-state index in [-0.39, 0.29) is 18.6 Å². The molecule has 0 spiro atoms. The average molecular weight is 292 g/mol. The van der Waals surface area contributed by atoms with Gasteiger partial charge in [-0.15, -0.1) is 0 Å². The van der Waals surface area contributed by atoms with Crippen molar-refractivity contribution in [1.82, 2.24) is 10.2 Å². The summed E-state index contributed by atoms with van der Waals surface area (Å²) < 4.78 is 5.29. The van der Waals surface area contributed by atoms with Gasteiger partial charge in [-0.25, -0.2) is 0 Å². The van der Waals surface area contributed by atoms with E-state index >= 15 is 0 Å². The molecule has 1 aromatic carbocycles. The van der Waals surface area contributed by atoms with E-state index in [0.29, 0.717) is 19.6 Å². The minimum atomic E-state index is 0.0197. The van der Waals surface area contributed by atoms with Gasteiger partial charge in [-0.1, -0.05) is 30.3 Å². The van der Waals surface area contributed by atoms with Crippen molar-refractivity contribution in [2.24, 2.45) is 0 Å². The number of aliphatic hydroxyl groups excluding tert-OH is 1. The third-order valence-corrected chi connectivity index (χ3v) is 3.62. The van der Waals surface area contributed by atoms with Crippen molar-refractivity contribution in [1.29, 1.82) is 0 Å². The van der Waals surface area contributed by atoms with Crippen LogP contribution < -0.4 is 5.32 Å². The van der Waals surface area contributed by atoms with Crippen LogP contribution in [0.1, 0.15) is 18.4 Å². The highest BCUT2D eigenvalue weighted by molar-refractivity contribution is 5.78. The molecule has 0 aromatic heterocycles. The summed E-state index contributed by atoms with van der Waals surface area (Å²) >= 11 is 0. The molecule has 0 bridgehead atoms. The van der Waals surface area contributed by atoms with Crippen molar-refractivity contribution in [2.75, 3.05) is 32.9 Å². The molecule has 1 saturated heterocycles. The normalized spacial score (nSPS) is 16.1. The first-order chi connectivity index (χ1) is 10.3. The molecule has 0 saturated carbocycles. The number of hydrogen-bond acceptors (Lipinski definition) is 4. The lowest BCUT2D eigenvalue weighted by Gasteiger charge is -2.26. The molecule has 1 aliphatic rings. The second kappa shape index (κ2) is 8.77. The quantitative estimate of drug-likeness (QED) is 0.779. The number of carbonyl (C=O) groups is 1. The molecule has 0 atom stereocenters. The fourth-order valence-corrected chi connectivity index (χ4v) is 2.52. The Morgan fingerprint density at radius 3 is 2.67 bits per heavy atom. The summed E-state index contributed by atoms with van der Waals surface area (Å²) in [5, 5.41) is 12.2. The maximum absolute atomic E-state index is 12.1. The van der Waals surface area contributed by atoms with Crippen LogP contribution in [0.25, 0.3) is 0 Å². The first kappa shape index (κ1) is 15.9. The van der Waals surface area contributed by atoms with Gasteiger partial charge in [0.05, 0.1) is 13.2 Å². The van der Waals surface area contributed by atoms with Crippen LogP contribution in [0.4, 0.5) is 0 Å². The number of ether oxygens (including phenoxy) is 1. The number of carbonyl (C=O) groups excluding carboxylic acids is 1. The van der Waals surface area contributed by atoms with Crippen molar-refractivity contribution < 1.29 is 14.6 Å². The van der Waals surface area contributed by atoms with E-state index in [2.05, 4.69) is 5.32 Å². The van der Waals surface area contributed by atoms with Crippen molar-refractivity contribution in [3.63, 3.8) is 0 Å². The predicted molar refractivity (Wildman–Crippen MR) is 80.8 cm³/mol. The highest BCUT2D eigenvalue weighted by Crippen LogP contribution is 2.07. The zero-order valence-electron chi connectivity index (χ0n) is 12.3. The molecule has 1 amide bonds. The van der Waals surface area contributed by atoms with Gasteiger partial charge in [0.1, 0.15) is 0 Å². The fourth-order valence-electron chi connectivity index (χ4n) is 2.52. The molecular weight excluding hydrogens is 268 g/mol. The van der Waals surface area contributed by atoms with E-state index in [0.717, 1.165) is 31.6 Å². The van der Waals surface area contributed by atoms with Gasteiger partial charge in [0.25, 0.3) is 0 Å². The summed E-state index contributed by atoms with van der Waals surface area (Å²) in [4.78, 5) is 14.1. The molecule has 0 unspecified atom stereocenters. The maximum Gasteiger partial charge on any atom is 0.234 e. The number of aliphatic hydroxyl groups is 1. The highest BCUT2D eigenvalue weighted by Gasteiger charge is 2.17. The van der Waals surface area contributed by atoms with E-state index in [1.165, 1.54) is 0 Å². The lowest BCUT2D eigenvalue weighted by atomic mass is 10.1. The average Bonchev–Trinajstić information content (AvgIpc) is 2.49. The lowest BCUT2D eigenvalue weighted by Crippen LogP contribution is -2.44. The Morgan fingerprint density at radius 2 is 2.00 bits per heavy atom. The van der Waals surface area contributed by atoms with E-state index in [1.54, 1.807) is 0 Å². The Labute approximate surface area is 125 Å². The van der Waals surface area contributed by atoms with E-state index in [4.69, 9.17) is 9.84 Å². The molecule has 0 aliphatic carbocycles. The molecule has 2 N–H and O–H groups in total. The topological polar surface area (TPSA) is 61.8 Å². The summed E-state index contributed by atoms with van der Waals surface area (Å²) in [7, 11) is 0. The van der Waals surface area contributed by atoms with Crippen LogP contribution in [-0.4, -0.2) is 54.9 Å². The number of amides is 1. The van der Waals surface area contributed by atoms with E-state index in [9.17, 15) is 4.79 Å². The van der Waals surface area contributed by atoms with Crippen molar-refractivity contribution in [3.05, 3.63) is 35.9 Å². The summed E-state index contributed by atoms with van der Waals surface area (Å²) in [6, 6.07) is 10.2. The first-order valence-corrected chi connectivity index (χ1v) is 7.52. The molecule has 21 heavy (non-hydrogen) atoms. The molecule has 5 nitrogen and oxygen atoms in total. The standard InChI is InChI=1S/C16H24N2O3/c19-9-8-18(12-14-4-2-1-3-5-14)13-16(20)17-15-6-10-21-11-7-15/h1-5,15,19H,6-13H2,(H,17,20). The Hall–Kier alpha value is -1.43. The second-order valence-electron chi connectivity index (χ2n) is 5.37. The van der Waals surface area contributed by atoms with Crippen molar-refractivity contribution >= 4 is 5.91 Å². The number of nitrogens with one attached hydrogen (secondary N) is 1. The second-order valence-corrected chi connectivity index (χ2v) is 5.37. The Kier molecular flexibility index (Phi) is 6.66. The minimum absolute atomic E-state index is 0.0197. The van der Waals surface area contributed by atoms with Crippen LogP contribution in [0.3, 0.4) is 0 Å². The van der Waals surface area contributed by atoms with Crippen molar-refractivity contribution in [3.8, 4) is 0 Å². The highest BCUT2D eigenvalue weighted by atomic mass is 16.5. The van der Waals surface area contributed by atoms with Gasteiger partial charge in [0.15, 0.2) is 0 Å². The molecule has 1 aliphatic heterocycles. The van der Waals surface area contributed by atoms with Crippen molar-refractivity contribution in [2.45, 2.75) is 25.4 Å². The van der Waals surface area contributed by atoms with Crippen LogP contribution in [-0.2, 0) is 16.1 Å². The lowest BCUT2D eigenvalue weighted by molar-refractivity contribution is -0.123. The smallest absolute Gasteiger partial charge is 0.234 e. The number of benzene rings is 1. The van der Waals surface area contributed by atoms with Gasteiger partial charge in [0.2, 0.25) is 5.91 Å². The largest absolute Gasteiger partial charge is 0.395 e. The van der Waals surface area contributed by atoms with Gasteiger partial charge < -0.3 is 15.2 Å². The third kappa shape index (κ3) is 5.83. The molecule has 116 valence electrons. The molecule has 1 fully saturated rings. The van der Waals surface area contributed by atoms with Crippen LogP contribution >= 0.6 is 0 Å². The molecule has 1 heterocycles. The van der Waals surface area contributed by atoms with Gasteiger partial charge in [-0.2, -0.15) is 0 Å². The Balaban J connectivity index is 1.82. The van der Waals surface area contributed by atoms with E-state index in [1.807, 2.05) is 35.2 Å². The zero-order valence-corrected chi connectivity index (χ0v) is 12.3. The van der Waals surface area contributed by atoms with Gasteiger partial charge in [-0.3, -0.25) is 9.69 Å². The molecule has 2 rings (SSSR count). The minimum Gasteiger partial charge on any atom is -0.395 e. The number of rotatable bonds is 7. The number of hydrogen-bond donors (Lipinski definition) is 2. The van der Waals surface area contributed by atoms with Gasteiger partial charge in [0, 0.05) is 32.3 Å². The SMILES string of the molecule is O=C(CN(CCO)Cc1ccccc1)NC1CCOCC1. The monoisotopic (exact) mass is 292 g/mol. The predicted octanol–water partition coefficient (Wildman–Crippen LogP) is 0.776. The van der Waals surface area contributed by atoms with Crippen LogP contribution in [0, 0.1) is 0 Å². The van der Waals surface area contributed by atoms with Crippen LogP contribution in [0.15, 0.2) is 30.3 Å². The Morgan fingerprint density at radius 1 is 1.29 bits per heavy atom. The molecule has 1 aromatic rings. The van der Waals surface area contributed by atoms with Gasteiger partial charge in [-0.05, 0) is 18.4 Å². The third-order valence-electron chi connectivity index (χ3n) is 3.62. The molecular formula is C16H24N2O3. The van der Waals surface area contributed by atoms with Crippen LogP contribution in [0.2, 0.25) is 0 Å². The maximum atomic E-state index is 12.1. The van der Waals surface area contributed by atoms with Crippen LogP contribution in [0.5, 0.6) is 0 Å². The van der Waals surface area contributed by atoms with E-state index < -0.39 is 0 Å². The summed E-state index contributed by atoms with van der Waals surface area (Å²) in [6.45, 7) is 2.97. The molecule has 5 heteroatoms.